The molecule has 0 aromatic heterocycles. The van der Waals surface area contributed by atoms with Gasteiger partial charge in [0.2, 0.25) is 26.8 Å². The van der Waals surface area contributed by atoms with Crippen LogP contribution >= 0.6 is 0 Å². The van der Waals surface area contributed by atoms with Crippen molar-refractivity contribution in [1.82, 2.24) is 13.9 Å². The van der Waals surface area contributed by atoms with Crippen LogP contribution in [0, 0.1) is 11.3 Å². The van der Waals surface area contributed by atoms with Gasteiger partial charge < -0.3 is 38.9 Å². The number of carbonyl (C=O) groups excluding carboxylic acids is 1. The van der Waals surface area contributed by atoms with Gasteiger partial charge >= 0.3 is 0 Å². The van der Waals surface area contributed by atoms with Gasteiger partial charge in [-0.25, -0.2) is 21.6 Å². The van der Waals surface area contributed by atoms with E-state index in [1.54, 1.807) is 56.3 Å². The molecule has 0 unspecified atom stereocenters. The van der Waals surface area contributed by atoms with E-state index < -0.39 is 62.6 Å². The fraction of sp³-hybridized carbons (Fsp3) is 0.472. The van der Waals surface area contributed by atoms with Crippen LogP contribution in [0.1, 0.15) is 32.3 Å². The van der Waals surface area contributed by atoms with E-state index in [9.17, 15) is 31.8 Å². The SMILES string of the molecule is CC(C)(CCNS(=O)(=O)c1ccccc1)CN(C[C@@H](O)[C@H](Cc1ccccc1)N(C(=O)[O-])[C@H]1CO[C@H]2OCC[C@H]21)S(=O)(=O)c1ccc2c(c1)OCO2. The van der Waals surface area contributed by atoms with Crippen LogP contribution in [0.15, 0.2) is 88.7 Å². The molecule has 52 heavy (non-hydrogen) atoms. The number of hydrogen-bond acceptors (Lipinski definition) is 11. The van der Waals surface area contributed by atoms with Gasteiger partial charge in [-0.05, 0) is 54.5 Å². The summed E-state index contributed by atoms with van der Waals surface area (Å²) in [4.78, 5) is 14.0. The van der Waals surface area contributed by atoms with Gasteiger partial charge in [-0.3, -0.25) is 0 Å². The summed E-state index contributed by atoms with van der Waals surface area (Å²) in [5.41, 5.74) is -0.105. The highest BCUT2D eigenvalue weighted by molar-refractivity contribution is 7.89. The van der Waals surface area contributed by atoms with E-state index in [1.807, 2.05) is 6.07 Å². The number of sulfonamides is 2. The Morgan fingerprint density at radius 1 is 0.962 bits per heavy atom. The van der Waals surface area contributed by atoms with Crippen molar-refractivity contribution in [1.29, 1.82) is 0 Å². The quantitative estimate of drug-likeness (QED) is 0.218. The highest BCUT2D eigenvalue weighted by atomic mass is 32.2. The minimum absolute atomic E-state index is 0.00604. The van der Waals surface area contributed by atoms with Crippen LogP contribution in [-0.4, -0.2) is 101 Å². The Kier molecular flexibility index (Phi) is 11.5. The Morgan fingerprint density at radius 2 is 1.65 bits per heavy atom. The lowest BCUT2D eigenvalue weighted by Crippen LogP contribution is -2.61. The van der Waals surface area contributed by atoms with Crippen molar-refractivity contribution in [2.75, 3.05) is 39.6 Å². The van der Waals surface area contributed by atoms with Crippen molar-refractivity contribution < 1.29 is 50.8 Å². The second-order valence-electron chi connectivity index (χ2n) is 14.0. The standard InChI is InChI=1S/C36H45N3O11S2/c1-36(2,16-17-37-51(43,44)26-11-7-4-8-12-26)23-38(52(45,46)27-13-14-32-33(20-27)50-24-49-32)21-31(40)29(19-25-9-5-3-6-10-25)39(35(41)42)30-22-48-34-28(30)15-18-47-34/h3-14,20,28-31,34,37,40H,15-19,21-24H2,1-2H3,(H,41,42)/p-1/t28-,29-,30-,31+,34+/m0/s1. The van der Waals surface area contributed by atoms with E-state index in [-0.39, 0.29) is 60.8 Å². The Hall–Kier alpha value is -3.77. The van der Waals surface area contributed by atoms with Crippen LogP contribution in [0.25, 0.3) is 0 Å². The summed E-state index contributed by atoms with van der Waals surface area (Å²) in [7, 11) is -8.17. The normalized spacial score (nSPS) is 21.2. The van der Waals surface area contributed by atoms with Gasteiger partial charge in [-0.1, -0.05) is 62.4 Å². The summed E-state index contributed by atoms with van der Waals surface area (Å²) in [6, 6.07) is 19.3. The van der Waals surface area contributed by atoms with Gasteiger partial charge in [-0.15, -0.1) is 0 Å². The molecule has 3 aromatic carbocycles. The number of hydrogen-bond donors (Lipinski definition) is 2. The average Bonchev–Trinajstić information content (AvgIpc) is 3.87. The molecule has 3 aliphatic rings. The smallest absolute Gasteiger partial charge is 0.243 e. The molecule has 14 nitrogen and oxygen atoms in total. The van der Waals surface area contributed by atoms with Gasteiger partial charge in [0, 0.05) is 31.6 Å². The minimum atomic E-state index is -4.36. The maximum atomic E-state index is 14.5. The molecule has 3 aliphatic heterocycles. The summed E-state index contributed by atoms with van der Waals surface area (Å²) in [5, 5.41) is 25.0. The molecule has 5 atom stereocenters. The minimum Gasteiger partial charge on any atom is -0.530 e. The van der Waals surface area contributed by atoms with E-state index in [4.69, 9.17) is 18.9 Å². The van der Waals surface area contributed by atoms with E-state index >= 15 is 0 Å². The van der Waals surface area contributed by atoms with Crippen LogP contribution in [-0.2, 0) is 35.9 Å². The molecule has 0 spiro atoms. The summed E-state index contributed by atoms with van der Waals surface area (Å²) in [6.07, 6.45) is -2.78. The van der Waals surface area contributed by atoms with Gasteiger partial charge in [0.25, 0.3) is 0 Å². The first kappa shape index (κ1) is 38.0. The van der Waals surface area contributed by atoms with Gasteiger partial charge in [0.15, 0.2) is 17.8 Å². The average molecular weight is 759 g/mol. The van der Waals surface area contributed by atoms with Crippen LogP contribution in [0.2, 0.25) is 0 Å². The molecule has 0 aliphatic carbocycles. The Bertz CT molecular complexity index is 1910. The monoisotopic (exact) mass is 758 g/mol. The Labute approximate surface area is 304 Å². The molecule has 2 N–H and O–H groups in total. The first-order valence-electron chi connectivity index (χ1n) is 17.1. The first-order chi connectivity index (χ1) is 24.7. The first-order valence-corrected chi connectivity index (χ1v) is 20.1. The molecule has 2 fully saturated rings. The van der Waals surface area contributed by atoms with Crippen molar-refractivity contribution in [3.05, 3.63) is 84.4 Å². The predicted octanol–water partition coefficient (Wildman–Crippen LogP) is 2.18. The lowest BCUT2D eigenvalue weighted by Gasteiger charge is -2.43. The Balaban J connectivity index is 1.30. The molecule has 0 saturated carbocycles. The molecule has 16 heteroatoms. The fourth-order valence-corrected chi connectivity index (χ4v) is 9.76. The maximum absolute atomic E-state index is 14.5. The van der Waals surface area contributed by atoms with Crippen molar-refractivity contribution in [2.45, 2.75) is 67.4 Å². The van der Waals surface area contributed by atoms with Crippen LogP contribution < -0.4 is 19.3 Å². The molecule has 282 valence electrons. The van der Waals surface area contributed by atoms with E-state index in [2.05, 4.69) is 4.72 Å². The van der Waals surface area contributed by atoms with E-state index in [1.165, 1.54) is 30.3 Å². The number of nitrogens with one attached hydrogen (secondary N) is 1. The number of carboxylic acid groups (broad SMARTS) is 1. The third-order valence-corrected chi connectivity index (χ3v) is 13.1. The number of benzene rings is 3. The molecule has 0 radical (unpaired) electrons. The summed E-state index contributed by atoms with van der Waals surface area (Å²) in [6.45, 7) is 3.32. The number of fused-ring (bicyclic) bond motifs is 2. The Morgan fingerprint density at radius 3 is 2.37 bits per heavy atom. The number of ether oxygens (including phenoxy) is 4. The fourth-order valence-electron chi connectivity index (χ4n) is 7.05. The zero-order valence-corrected chi connectivity index (χ0v) is 30.6. The molecule has 0 bridgehead atoms. The van der Waals surface area contributed by atoms with Crippen LogP contribution in [0.5, 0.6) is 11.5 Å². The highest BCUT2D eigenvalue weighted by Gasteiger charge is 2.47. The van der Waals surface area contributed by atoms with Crippen molar-refractivity contribution in [3.63, 3.8) is 0 Å². The van der Waals surface area contributed by atoms with Gasteiger partial charge in [-0.2, -0.15) is 4.31 Å². The summed E-state index contributed by atoms with van der Waals surface area (Å²) in [5.74, 6) is 0.350. The maximum Gasteiger partial charge on any atom is 0.243 e. The second kappa shape index (κ2) is 15.7. The lowest BCUT2D eigenvalue weighted by atomic mass is 9.89. The number of aliphatic hydroxyl groups excluding tert-OH is 1. The van der Waals surface area contributed by atoms with Gasteiger partial charge in [0.05, 0.1) is 41.2 Å². The second-order valence-corrected chi connectivity index (χ2v) is 17.7. The van der Waals surface area contributed by atoms with Crippen molar-refractivity contribution in [2.24, 2.45) is 11.3 Å². The molecule has 2 saturated heterocycles. The van der Waals surface area contributed by atoms with E-state index in [0.717, 1.165) is 14.8 Å². The summed E-state index contributed by atoms with van der Waals surface area (Å²) >= 11 is 0. The summed E-state index contributed by atoms with van der Waals surface area (Å²) < 4.78 is 80.7. The van der Waals surface area contributed by atoms with Crippen molar-refractivity contribution in [3.8, 4) is 11.5 Å². The molecule has 3 aromatic rings. The molecule has 1 amide bonds. The molecular formula is C36H44N3O11S2-. The number of nitrogens with zero attached hydrogens (tertiary/aromatic N) is 2. The van der Waals surface area contributed by atoms with E-state index in [0.29, 0.717) is 18.8 Å². The molecule has 3 heterocycles. The zero-order chi connectivity index (χ0) is 37.1. The third kappa shape index (κ3) is 8.54. The number of aliphatic hydroxyl groups is 1. The number of amides is 1. The van der Waals surface area contributed by atoms with Crippen LogP contribution in [0.4, 0.5) is 4.79 Å². The third-order valence-electron chi connectivity index (χ3n) is 9.79. The predicted molar refractivity (Wildman–Crippen MR) is 186 cm³/mol. The number of rotatable bonds is 16. The lowest BCUT2D eigenvalue weighted by molar-refractivity contribution is -0.273. The topological polar surface area (TPSA) is 184 Å². The van der Waals surface area contributed by atoms with Gasteiger partial charge in [0.1, 0.15) is 6.09 Å². The molecule has 6 rings (SSSR count). The largest absolute Gasteiger partial charge is 0.530 e. The van der Waals surface area contributed by atoms with Crippen LogP contribution in [0.3, 0.4) is 0 Å². The highest BCUT2D eigenvalue weighted by Crippen LogP contribution is 2.38. The number of carbonyl (C=O) groups is 1. The molecular weight excluding hydrogens is 715 g/mol. The van der Waals surface area contributed by atoms with Crippen molar-refractivity contribution >= 4 is 26.1 Å². The zero-order valence-electron chi connectivity index (χ0n) is 29.0.